The SMILES string of the molecule is Cc1nn(C)c(C)c1S(=O)(=O)NCC(=O)N1CCCCCNC(=O)CC1c1ccccc1. The van der Waals surface area contributed by atoms with Crippen molar-refractivity contribution in [2.75, 3.05) is 19.6 Å². The molecule has 32 heavy (non-hydrogen) atoms. The molecular weight excluding hydrogens is 430 g/mol. The number of aryl methyl sites for hydroxylation is 2. The van der Waals surface area contributed by atoms with Crippen molar-refractivity contribution >= 4 is 21.8 Å². The van der Waals surface area contributed by atoms with Crippen LogP contribution in [0.4, 0.5) is 0 Å². The van der Waals surface area contributed by atoms with E-state index < -0.39 is 16.1 Å². The molecule has 1 saturated heterocycles. The lowest BCUT2D eigenvalue weighted by atomic mass is 10.00. The Kier molecular flexibility index (Phi) is 7.68. The van der Waals surface area contributed by atoms with Gasteiger partial charge in [0.25, 0.3) is 0 Å². The average molecular weight is 462 g/mol. The first-order chi connectivity index (χ1) is 15.2. The topological polar surface area (TPSA) is 113 Å². The molecule has 3 rings (SSSR count). The van der Waals surface area contributed by atoms with Crippen LogP contribution in [0.25, 0.3) is 0 Å². The second-order valence-electron chi connectivity index (χ2n) is 8.08. The number of benzene rings is 1. The van der Waals surface area contributed by atoms with E-state index >= 15 is 0 Å². The molecule has 10 heteroatoms. The molecule has 2 heterocycles. The van der Waals surface area contributed by atoms with Crippen molar-refractivity contribution in [1.82, 2.24) is 24.7 Å². The van der Waals surface area contributed by atoms with Crippen molar-refractivity contribution in [1.29, 1.82) is 0 Å². The third kappa shape index (κ3) is 5.55. The maximum absolute atomic E-state index is 13.3. The van der Waals surface area contributed by atoms with E-state index in [9.17, 15) is 18.0 Å². The lowest BCUT2D eigenvalue weighted by Gasteiger charge is -2.33. The zero-order valence-electron chi connectivity index (χ0n) is 18.8. The van der Waals surface area contributed by atoms with Crippen molar-refractivity contribution < 1.29 is 18.0 Å². The molecule has 0 spiro atoms. The summed E-state index contributed by atoms with van der Waals surface area (Å²) in [5, 5.41) is 7.06. The van der Waals surface area contributed by atoms with Gasteiger partial charge >= 0.3 is 0 Å². The summed E-state index contributed by atoms with van der Waals surface area (Å²) in [5.41, 5.74) is 1.72. The molecule has 9 nitrogen and oxygen atoms in total. The summed E-state index contributed by atoms with van der Waals surface area (Å²) in [5.74, 6) is -0.490. The van der Waals surface area contributed by atoms with Gasteiger partial charge in [0.2, 0.25) is 21.8 Å². The number of nitrogens with one attached hydrogen (secondary N) is 2. The molecule has 2 N–H and O–H groups in total. The largest absolute Gasteiger partial charge is 0.356 e. The van der Waals surface area contributed by atoms with Gasteiger partial charge in [0, 0.05) is 20.1 Å². The summed E-state index contributed by atoms with van der Waals surface area (Å²) >= 11 is 0. The molecule has 1 aliphatic heterocycles. The lowest BCUT2D eigenvalue weighted by Crippen LogP contribution is -2.44. The first-order valence-electron chi connectivity index (χ1n) is 10.8. The standard InChI is InChI=1S/C22H31N5O4S/c1-16-22(17(2)26(3)25-16)32(30,31)24-15-21(29)27-13-9-5-8-12-23-20(28)14-19(27)18-10-6-4-7-11-18/h4,6-7,10-11,19,24H,5,8-9,12-15H2,1-3H3,(H,23,28). The molecule has 0 saturated carbocycles. The van der Waals surface area contributed by atoms with Crippen LogP contribution < -0.4 is 10.0 Å². The van der Waals surface area contributed by atoms with Gasteiger partial charge in [-0.1, -0.05) is 30.3 Å². The van der Waals surface area contributed by atoms with Crippen LogP contribution in [0.1, 0.15) is 48.7 Å². The third-order valence-corrected chi connectivity index (χ3v) is 7.44. The van der Waals surface area contributed by atoms with E-state index in [0.717, 1.165) is 24.8 Å². The smallest absolute Gasteiger partial charge is 0.244 e. The molecule has 1 unspecified atom stereocenters. The number of sulfonamides is 1. The highest BCUT2D eigenvalue weighted by Gasteiger charge is 2.30. The number of aromatic nitrogens is 2. The van der Waals surface area contributed by atoms with E-state index in [2.05, 4.69) is 15.1 Å². The molecule has 2 aromatic rings. The Bertz CT molecular complexity index is 1070. The summed E-state index contributed by atoms with van der Waals surface area (Å²) in [6.45, 7) is 3.99. The summed E-state index contributed by atoms with van der Waals surface area (Å²) < 4.78 is 29.7. The van der Waals surface area contributed by atoms with Gasteiger partial charge in [-0.05, 0) is 38.7 Å². The lowest BCUT2D eigenvalue weighted by molar-refractivity contribution is -0.134. The number of hydrogen-bond acceptors (Lipinski definition) is 5. The molecule has 174 valence electrons. The van der Waals surface area contributed by atoms with Gasteiger partial charge in [0.05, 0.1) is 30.4 Å². The molecule has 1 fully saturated rings. The first kappa shape index (κ1) is 23.9. The van der Waals surface area contributed by atoms with Gasteiger partial charge in [-0.2, -0.15) is 5.10 Å². The molecule has 2 amide bonds. The molecule has 1 atom stereocenters. The van der Waals surface area contributed by atoms with Gasteiger partial charge in [0.1, 0.15) is 4.90 Å². The van der Waals surface area contributed by atoms with E-state index in [0.29, 0.717) is 24.5 Å². The Labute approximate surface area is 189 Å². The fourth-order valence-electron chi connectivity index (χ4n) is 4.07. The first-order valence-corrected chi connectivity index (χ1v) is 12.3. The normalized spacial score (nSPS) is 18.3. The van der Waals surface area contributed by atoms with Gasteiger partial charge in [0.15, 0.2) is 0 Å². The van der Waals surface area contributed by atoms with E-state index in [-0.39, 0.29) is 29.7 Å². The Hall–Kier alpha value is -2.72. The zero-order chi connectivity index (χ0) is 23.3. The van der Waals surface area contributed by atoms with E-state index in [4.69, 9.17) is 0 Å². The summed E-state index contributed by atoms with van der Waals surface area (Å²) in [6.07, 6.45) is 2.61. The van der Waals surface area contributed by atoms with E-state index in [1.54, 1.807) is 25.8 Å². The Morgan fingerprint density at radius 3 is 2.56 bits per heavy atom. The Morgan fingerprint density at radius 2 is 1.91 bits per heavy atom. The zero-order valence-corrected chi connectivity index (χ0v) is 19.6. The molecule has 0 bridgehead atoms. The average Bonchev–Trinajstić information content (AvgIpc) is 3.03. The van der Waals surface area contributed by atoms with Crippen LogP contribution in [0.2, 0.25) is 0 Å². The summed E-state index contributed by atoms with van der Waals surface area (Å²) in [4.78, 5) is 27.4. The fourth-order valence-corrected chi connectivity index (χ4v) is 5.48. The monoisotopic (exact) mass is 461 g/mol. The van der Waals surface area contributed by atoms with Gasteiger partial charge in [-0.25, -0.2) is 13.1 Å². The quantitative estimate of drug-likeness (QED) is 0.702. The minimum atomic E-state index is -3.92. The second kappa shape index (κ2) is 10.3. The second-order valence-corrected chi connectivity index (χ2v) is 9.78. The third-order valence-electron chi connectivity index (χ3n) is 5.78. The molecule has 0 aliphatic carbocycles. The fraction of sp³-hybridized carbons (Fsp3) is 0.500. The molecular formula is C22H31N5O4S. The van der Waals surface area contributed by atoms with Crippen molar-refractivity contribution in [3.8, 4) is 0 Å². The van der Waals surface area contributed by atoms with Gasteiger partial charge in [-0.15, -0.1) is 0 Å². The van der Waals surface area contributed by atoms with Crippen LogP contribution in [0, 0.1) is 13.8 Å². The van der Waals surface area contributed by atoms with Crippen LogP contribution in [0.3, 0.4) is 0 Å². The van der Waals surface area contributed by atoms with E-state index in [1.807, 2.05) is 30.3 Å². The summed E-state index contributed by atoms with van der Waals surface area (Å²) in [6, 6.07) is 8.92. The highest BCUT2D eigenvalue weighted by atomic mass is 32.2. The number of nitrogens with zero attached hydrogens (tertiary/aromatic N) is 3. The highest BCUT2D eigenvalue weighted by molar-refractivity contribution is 7.89. The predicted molar refractivity (Wildman–Crippen MR) is 120 cm³/mol. The minimum Gasteiger partial charge on any atom is -0.356 e. The number of carbonyl (C=O) groups excluding carboxylic acids is 2. The maximum Gasteiger partial charge on any atom is 0.244 e. The Morgan fingerprint density at radius 1 is 1.19 bits per heavy atom. The highest BCUT2D eigenvalue weighted by Crippen LogP contribution is 2.26. The predicted octanol–water partition coefficient (Wildman–Crippen LogP) is 1.58. The maximum atomic E-state index is 13.3. The van der Waals surface area contributed by atoms with Crippen molar-refractivity contribution in [3.05, 3.63) is 47.3 Å². The number of hydrogen-bond donors (Lipinski definition) is 2. The van der Waals surface area contributed by atoms with Gasteiger partial charge < -0.3 is 10.2 Å². The molecule has 0 radical (unpaired) electrons. The molecule has 1 aliphatic rings. The van der Waals surface area contributed by atoms with Crippen LogP contribution in [-0.4, -0.2) is 54.5 Å². The van der Waals surface area contributed by atoms with Crippen LogP contribution >= 0.6 is 0 Å². The van der Waals surface area contributed by atoms with Crippen LogP contribution in [0.5, 0.6) is 0 Å². The van der Waals surface area contributed by atoms with Crippen molar-refractivity contribution in [2.45, 2.75) is 50.5 Å². The number of carbonyl (C=O) groups is 2. The van der Waals surface area contributed by atoms with Crippen molar-refractivity contribution in [2.24, 2.45) is 7.05 Å². The molecule has 1 aromatic heterocycles. The van der Waals surface area contributed by atoms with Gasteiger partial charge in [-0.3, -0.25) is 14.3 Å². The number of amides is 2. The summed E-state index contributed by atoms with van der Waals surface area (Å²) in [7, 11) is -2.24. The minimum absolute atomic E-state index is 0.0905. The van der Waals surface area contributed by atoms with Crippen LogP contribution in [0.15, 0.2) is 35.2 Å². The Balaban J connectivity index is 1.83. The van der Waals surface area contributed by atoms with Crippen molar-refractivity contribution in [3.63, 3.8) is 0 Å². The number of rotatable bonds is 5. The van der Waals surface area contributed by atoms with E-state index in [1.165, 1.54) is 4.68 Å². The van der Waals surface area contributed by atoms with Crippen LogP contribution in [-0.2, 0) is 26.7 Å². The molecule has 1 aromatic carbocycles.